The molecule has 1 N–H and O–H groups in total. The molecule has 37 heavy (non-hydrogen) atoms. The van der Waals surface area contributed by atoms with E-state index in [9.17, 15) is 14.7 Å². The molecule has 0 unspecified atom stereocenters. The smallest absolute Gasteiger partial charge is 0.271 e. The number of thiazole rings is 1. The van der Waals surface area contributed by atoms with Crippen LogP contribution in [0.3, 0.4) is 0 Å². The number of carbonyl (C=O) groups is 1. The largest absolute Gasteiger partial charge is 0.504 e. The van der Waals surface area contributed by atoms with Crippen molar-refractivity contribution in [3.63, 3.8) is 0 Å². The standard InChI is InChI=1S/C28H23IN2O5S/c1-14-23(15(2)32)25(24-18-8-6-5-7-17(18)9-10-20(24)35-3)31-27(34)22(37-28(31)30-14)13-16-11-19(29)26(33)21(12-16)36-4/h5-13,25,33H,1-4H3/b22-13+/t25-/m1/s1. The molecular weight excluding hydrogens is 603 g/mol. The maximum Gasteiger partial charge on any atom is 0.271 e. The van der Waals surface area contributed by atoms with Crippen molar-refractivity contribution in [2.75, 3.05) is 14.2 Å². The Morgan fingerprint density at radius 2 is 1.86 bits per heavy atom. The molecule has 5 rings (SSSR count). The van der Waals surface area contributed by atoms with Crippen molar-refractivity contribution in [3.8, 4) is 17.2 Å². The Hall–Kier alpha value is -3.44. The molecule has 7 nitrogen and oxygen atoms in total. The molecule has 0 saturated heterocycles. The van der Waals surface area contributed by atoms with Gasteiger partial charge >= 0.3 is 0 Å². The van der Waals surface area contributed by atoms with E-state index in [2.05, 4.69) is 4.99 Å². The quantitative estimate of drug-likeness (QED) is 0.334. The van der Waals surface area contributed by atoms with Gasteiger partial charge in [-0.2, -0.15) is 0 Å². The molecular formula is C28H23IN2O5S. The van der Waals surface area contributed by atoms with Gasteiger partial charge in [-0.05, 0) is 77.0 Å². The molecule has 0 radical (unpaired) electrons. The Labute approximate surface area is 230 Å². The number of ketones is 1. The van der Waals surface area contributed by atoms with Crippen molar-refractivity contribution in [2.45, 2.75) is 19.9 Å². The van der Waals surface area contributed by atoms with Crippen molar-refractivity contribution < 1.29 is 19.4 Å². The third-order valence-electron chi connectivity index (χ3n) is 6.39. The number of benzene rings is 3. The van der Waals surface area contributed by atoms with Crippen LogP contribution in [0.25, 0.3) is 16.8 Å². The fourth-order valence-electron chi connectivity index (χ4n) is 4.76. The van der Waals surface area contributed by atoms with E-state index >= 15 is 0 Å². The van der Waals surface area contributed by atoms with E-state index in [1.165, 1.54) is 25.4 Å². The first-order valence-corrected chi connectivity index (χ1v) is 13.3. The summed E-state index contributed by atoms with van der Waals surface area (Å²) in [5.41, 5.74) is 2.20. The number of nitrogens with zero attached hydrogens (tertiary/aromatic N) is 2. The Morgan fingerprint density at radius 1 is 1.14 bits per heavy atom. The summed E-state index contributed by atoms with van der Waals surface area (Å²) in [6, 6.07) is 14.4. The molecule has 0 bridgehead atoms. The summed E-state index contributed by atoms with van der Waals surface area (Å²) in [6.07, 6.45) is 1.75. The second-order valence-electron chi connectivity index (χ2n) is 8.59. The number of halogens is 1. The number of carbonyl (C=O) groups excluding carboxylic acids is 1. The predicted molar refractivity (Wildman–Crippen MR) is 152 cm³/mol. The van der Waals surface area contributed by atoms with Crippen molar-refractivity contribution in [3.05, 3.63) is 94.2 Å². The lowest BCUT2D eigenvalue weighted by molar-refractivity contribution is -0.114. The van der Waals surface area contributed by atoms with Crippen molar-refractivity contribution in [1.29, 1.82) is 0 Å². The number of hydrogen-bond acceptors (Lipinski definition) is 7. The van der Waals surface area contributed by atoms with Gasteiger partial charge in [0.1, 0.15) is 5.75 Å². The lowest BCUT2D eigenvalue weighted by Crippen LogP contribution is -2.39. The van der Waals surface area contributed by atoms with Crippen molar-refractivity contribution in [2.24, 2.45) is 4.99 Å². The van der Waals surface area contributed by atoms with Gasteiger partial charge in [-0.1, -0.05) is 41.7 Å². The topological polar surface area (TPSA) is 90.1 Å². The zero-order valence-electron chi connectivity index (χ0n) is 20.5. The van der Waals surface area contributed by atoms with Gasteiger partial charge in [0.05, 0.1) is 28.4 Å². The zero-order valence-corrected chi connectivity index (χ0v) is 23.5. The molecule has 1 aromatic heterocycles. The molecule has 2 heterocycles. The van der Waals surface area contributed by atoms with Crippen LogP contribution in [-0.4, -0.2) is 29.7 Å². The van der Waals surface area contributed by atoms with Crippen molar-refractivity contribution in [1.82, 2.24) is 4.57 Å². The first kappa shape index (κ1) is 25.2. The molecule has 0 spiro atoms. The van der Waals surface area contributed by atoms with Crippen LogP contribution in [0.1, 0.15) is 31.0 Å². The van der Waals surface area contributed by atoms with Crippen LogP contribution >= 0.6 is 33.9 Å². The van der Waals surface area contributed by atoms with E-state index in [4.69, 9.17) is 9.47 Å². The minimum Gasteiger partial charge on any atom is -0.504 e. The molecule has 0 saturated carbocycles. The molecule has 4 aromatic rings. The summed E-state index contributed by atoms with van der Waals surface area (Å²) >= 11 is 3.27. The molecule has 9 heteroatoms. The molecule has 1 atom stereocenters. The van der Waals surface area contributed by atoms with E-state index < -0.39 is 6.04 Å². The van der Waals surface area contributed by atoms with E-state index in [1.54, 1.807) is 36.8 Å². The number of methoxy groups -OCH3 is 2. The minimum absolute atomic E-state index is 0.0477. The molecule has 3 aromatic carbocycles. The normalized spacial score (nSPS) is 15.5. The van der Waals surface area contributed by atoms with Gasteiger partial charge in [-0.15, -0.1) is 0 Å². The summed E-state index contributed by atoms with van der Waals surface area (Å²) in [5, 5.41) is 12.1. The number of aromatic hydroxyl groups is 1. The van der Waals surface area contributed by atoms with Crippen LogP contribution in [0.4, 0.5) is 0 Å². The molecule has 1 aliphatic heterocycles. The Kier molecular flexibility index (Phi) is 6.67. The van der Waals surface area contributed by atoms with Crippen LogP contribution in [-0.2, 0) is 4.79 Å². The first-order valence-electron chi connectivity index (χ1n) is 11.4. The molecule has 0 amide bonds. The third kappa shape index (κ3) is 4.25. The van der Waals surface area contributed by atoms with Crippen LogP contribution in [0.2, 0.25) is 0 Å². The number of ether oxygens (including phenoxy) is 2. The Bertz CT molecular complexity index is 1800. The molecule has 1 aliphatic rings. The van der Waals surface area contributed by atoms with Gasteiger partial charge in [0, 0.05) is 16.8 Å². The molecule has 0 aliphatic carbocycles. The summed E-state index contributed by atoms with van der Waals surface area (Å²) in [7, 11) is 3.06. The average molecular weight is 626 g/mol. The van der Waals surface area contributed by atoms with Crippen molar-refractivity contribution >= 4 is 56.6 Å². The fraction of sp³-hybridized carbons (Fsp3) is 0.179. The molecule has 188 valence electrons. The predicted octanol–water partition coefficient (Wildman–Crippen LogP) is 4.30. The van der Waals surface area contributed by atoms with Gasteiger partial charge in [0.25, 0.3) is 5.56 Å². The highest BCUT2D eigenvalue weighted by molar-refractivity contribution is 14.1. The van der Waals surface area contributed by atoms with Crippen LogP contribution in [0.5, 0.6) is 17.2 Å². The minimum atomic E-state index is -0.702. The van der Waals surface area contributed by atoms with Gasteiger partial charge in [-0.3, -0.25) is 14.2 Å². The third-order valence-corrected chi connectivity index (χ3v) is 8.20. The van der Waals surface area contributed by atoms with Crippen LogP contribution in [0, 0.1) is 3.57 Å². The van der Waals surface area contributed by atoms with Gasteiger partial charge < -0.3 is 14.6 Å². The zero-order chi connectivity index (χ0) is 26.4. The number of Topliss-reactive ketones (excluding diaryl/α,β-unsaturated/α-hetero) is 1. The monoisotopic (exact) mass is 626 g/mol. The highest BCUT2D eigenvalue weighted by atomic mass is 127. The number of allylic oxidation sites excluding steroid dienone is 2. The number of aromatic nitrogens is 1. The maximum atomic E-state index is 13.9. The number of phenolic OH excluding ortho intramolecular Hbond substituents is 1. The fourth-order valence-corrected chi connectivity index (χ4v) is 6.44. The Balaban J connectivity index is 1.84. The molecule has 0 fully saturated rings. The maximum absolute atomic E-state index is 13.9. The van der Waals surface area contributed by atoms with Gasteiger partial charge in [0.2, 0.25) is 0 Å². The van der Waals surface area contributed by atoms with Gasteiger partial charge in [0.15, 0.2) is 22.1 Å². The highest BCUT2D eigenvalue weighted by Crippen LogP contribution is 2.40. The lowest BCUT2D eigenvalue weighted by atomic mass is 9.89. The van der Waals surface area contributed by atoms with E-state index in [0.29, 0.717) is 41.2 Å². The van der Waals surface area contributed by atoms with E-state index in [0.717, 1.165) is 16.3 Å². The van der Waals surface area contributed by atoms with Crippen LogP contribution in [0.15, 0.2) is 69.6 Å². The number of fused-ring (bicyclic) bond motifs is 2. The number of rotatable bonds is 5. The number of hydrogen-bond donors (Lipinski definition) is 1. The second-order valence-corrected chi connectivity index (χ2v) is 10.8. The number of phenols is 1. The average Bonchev–Trinajstić information content (AvgIpc) is 3.18. The second kappa shape index (κ2) is 9.79. The highest BCUT2D eigenvalue weighted by Gasteiger charge is 2.33. The van der Waals surface area contributed by atoms with Crippen LogP contribution < -0.4 is 24.4 Å². The summed E-state index contributed by atoms with van der Waals surface area (Å²) < 4.78 is 13.7. The summed E-state index contributed by atoms with van der Waals surface area (Å²) in [4.78, 5) is 32.1. The SMILES string of the molecule is COc1cc(/C=c2/sc3n(c2=O)[C@@H](c2c(OC)ccc4ccccc24)C(C(C)=O)=C(C)N=3)cc(I)c1O. The van der Waals surface area contributed by atoms with E-state index in [-0.39, 0.29) is 17.1 Å². The first-order chi connectivity index (χ1) is 17.7. The lowest BCUT2D eigenvalue weighted by Gasteiger charge is -2.27. The Morgan fingerprint density at radius 3 is 2.57 bits per heavy atom. The summed E-state index contributed by atoms with van der Waals surface area (Å²) in [5.74, 6) is 0.795. The van der Waals surface area contributed by atoms with E-state index in [1.807, 2.05) is 59.0 Å². The summed E-state index contributed by atoms with van der Waals surface area (Å²) in [6.45, 7) is 3.30. The van der Waals surface area contributed by atoms with Gasteiger partial charge in [-0.25, -0.2) is 4.99 Å².